The first kappa shape index (κ1) is 19.1. The maximum atomic E-state index is 12.9. The van der Waals surface area contributed by atoms with Gasteiger partial charge in [-0.2, -0.15) is 0 Å². The normalized spacial score (nSPS) is 25.3. The number of carboxylic acid groups (broad SMARTS) is 2. The van der Waals surface area contributed by atoms with Gasteiger partial charge in [0.25, 0.3) is 0 Å². The first-order chi connectivity index (χ1) is 11.8. The summed E-state index contributed by atoms with van der Waals surface area (Å²) < 4.78 is -0.588. The van der Waals surface area contributed by atoms with Crippen molar-refractivity contribution in [1.29, 1.82) is 0 Å². The number of nitrogens with zero attached hydrogens (tertiary/aromatic N) is 1. The first-order valence-corrected chi connectivity index (χ1v) is 8.47. The van der Waals surface area contributed by atoms with Crippen LogP contribution in [0.15, 0.2) is 30.3 Å². The predicted molar refractivity (Wildman–Crippen MR) is 90.6 cm³/mol. The van der Waals surface area contributed by atoms with Crippen LogP contribution in [0.25, 0.3) is 0 Å². The second-order valence-electron chi connectivity index (χ2n) is 6.66. The van der Waals surface area contributed by atoms with E-state index in [1.54, 1.807) is 0 Å². The Hall–Kier alpha value is -2.25. The van der Waals surface area contributed by atoms with Crippen LogP contribution >= 0.6 is 0 Å². The molecule has 0 aliphatic carbocycles. The Labute approximate surface area is 146 Å². The van der Waals surface area contributed by atoms with Crippen LogP contribution in [0.4, 0.5) is 0 Å². The van der Waals surface area contributed by atoms with Gasteiger partial charge in [-0.3, -0.25) is 0 Å². The van der Waals surface area contributed by atoms with Gasteiger partial charge in [0.1, 0.15) is 6.04 Å². The third kappa shape index (κ3) is 3.72. The number of nitrogens with two attached hydrogens (primary N) is 1. The van der Waals surface area contributed by atoms with Crippen LogP contribution in [0.2, 0.25) is 0 Å². The number of amides is 1. The Bertz CT molecular complexity index is 646. The summed E-state index contributed by atoms with van der Waals surface area (Å²) in [4.78, 5) is 36.6. The van der Waals surface area contributed by atoms with Crippen molar-refractivity contribution in [3.8, 4) is 0 Å². The standard InChI is InChI=1S/C18H24N2O5/c1-12(19)16(21)20(11-5-8-14(20)17(22)23)15(18(24)25)10-9-13-6-3-2-4-7-13/h2-4,6-7,12,14-15H,5,8-11,19H2,1H3,(H-,22,23,24,25)/p+1/t12?,14-,15?,20+/m0/s1. The second-order valence-corrected chi connectivity index (χ2v) is 6.66. The Kier molecular flexibility index (Phi) is 5.92. The highest BCUT2D eigenvalue weighted by molar-refractivity contribution is 5.84. The van der Waals surface area contributed by atoms with Crippen molar-refractivity contribution in [3.63, 3.8) is 0 Å². The average molecular weight is 349 g/mol. The Morgan fingerprint density at radius 1 is 1.24 bits per heavy atom. The van der Waals surface area contributed by atoms with Gasteiger partial charge in [0.15, 0.2) is 12.1 Å². The molecule has 0 aromatic heterocycles. The van der Waals surface area contributed by atoms with E-state index in [1.165, 1.54) is 6.92 Å². The van der Waals surface area contributed by atoms with E-state index in [9.17, 15) is 24.6 Å². The van der Waals surface area contributed by atoms with Crippen LogP contribution in [0.3, 0.4) is 0 Å². The van der Waals surface area contributed by atoms with Crippen LogP contribution < -0.4 is 5.73 Å². The second kappa shape index (κ2) is 7.76. The SMILES string of the molecule is CC(N)C(=O)[N@+]1(C(CCc2ccccc2)C(=O)O)CCC[C@H]1C(=O)O. The number of carbonyl (C=O) groups excluding carboxylic acids is 1. The van der Waals surface area contributed by atoms with Crippen molar-refractivity contribution in [1.82, 2.24) is 0 Å². The average Bonchev–Trinajstić information content (AvgIpc) is 3.00. The number of likely N-dealkylation sites (tertiary alicyclic amines) is 1. The zero-order valence-corrected chi connectivity index (χ0v) is 14.3. The van der Waals surface area contributed by atoms with Gasteiger partial charge in [0, 0.05) is 19.3 Å². The van der Waals surface area contributed by atoms with Crippen molar-refractivity contribution in [2.45, 2.75) is 50.7 Å². The minimum atomic E-state index is -1.15. The van der Waals surface area contributed by atoms with Crippen molar-refractivity contribution in [3.05, 3.63) is 35.9 Å². The van der Waals surface area contributed by atoms with Crippen LogP contribution in [0.1, 0.15) is 31.7 Å². The molecule has 25 heavy (non-hydrogen) atoms. The number of aryl methyl sites for hydroxylation is 1. The fourth-order valence-corrected chi connectivity index (χ4v) is 3.92. The van der Waals surface area contributed by atoms with Gasteiger partial charge in [-0.1, -0.05) is 30.3 Å². The number of hydrogen-bond acceptors (Lipinski definition) is 4. The van der Waals surface area contributed by atoms with Crippen LogP contribution in [0, 0.1) is 0 Å². The molecular formula is C18H25N2O5+. The van der Waals surface area contributed by atoms with Crippen molar-refractivity contribution < 1.29 is 29.1 Å². The summed E-state index contributed by atoms with van der Waals surface area (Å²) in [5, 5.41) is 19.4. The zero-order chi connectivity index (χ0) is 18.6. The summed E-state index contributed by atoms with van der Waals surface area (Å²) in [6, 6.07) is 6.25. The summed E-state index contributed by atoms with van der Waals surface area (Å²) in [6.07, 6.45) is 1.41. The van der Waals surface area contributed by atoms with E-state index in [1.807, 2.05) is 30.3 Å². The number of aliphatic carboxylic acids is 2. The fraction of sp³-hybridized carbons (Fsp3) is 0.500. The van der Waals surface area contributed by atoms with Crippen molar-refractivity contribution in [2.24, 2.45) is 5.73 Å². The minimum absolute atomic E-state index is 0.182. The van der Waals surface area contributed by atoms with Crippen LogP contribution in [0.5, 0.6) is 0 Å². The summed E-state index contributed by atoms with van der Waals surface area (Å²) >= 11 is 0. The summed E-state index contributed by atoms with van der Waals surface area (Å²) in [6.45, 7) is 1.68. The van der Waals surface area contributed by atoms with E-state index in [0.717, 1.165) is 5.56 Å². The highest BCUT2D eigenvalue weighted by atomic mass is 16.4. The van der Waals surface area contributed by atoms with E-state index in [2.05, 4.69) is 0 Å². The molecule has 1 fully saturated rings. The molecule has 7 heteroatoms. The molecule has 0 bridgehead atoms. The van der Waals surface area contributed by atoms with E-state index in [0.29, 0.717) is 12.8 Å². The molecule has 1 aromatic rings. The Morgan fingerprint density at radius 3 is 2.40 bits per heavy atom. The van der Waals surface area contributed by atoms with Crippen LogP contribution in [-0.4, -0.2) is 57.2 Å². The van der Waals surface area contributed by atoms with Crippen LogP contribution in [-0.2, 0) is 20.8 Å². The molecule has 136 valence electrons. The third-order valence-corrected chi connectivity index (χ3v) is 5.04. The molecule has 0 radical (unpaired) electrons. The van der Waals surface area contributed by atoms with Gasteiger partial charge in [-0.05, 0) is 18.9 Å². The molecule has 1 heterocycles. The molecular weight excluding hydrogens is 324 g/mol. The molecule has 4 N–H and O–H groups in total. The number of hydrogen-bond donors (Lipinski definition) is 3. The number of carboxylic acids is 2. The van der Waals surface area contributed by atoms with Gasteiger partial charge in [0.05, 0.1) is 6.54 Å². The number of rotatable bonds is 7. The highest BCUT2D eigenvalue weighted by Gasteiger charge is 2.59. The monoisotopic (exact) mass is 349 g/mol. The lowest BCUT2D eigenvalue weighted by Crippen LogP contribution is -2.69. The van der Waals surface area contributed by atoms with Crippen molar-refractivity contribution in [2.75, 3.05) is 6.54 Å². The summed E-state index contributed by atoms with van der Waals surface area (Å²) in [5.41, 5.74) is 6.71. The van der Waals surface area contributed by atoms with E-state index < -0.39 is 40.5 Å². The maximum absolute atomic E-state index is 12.9. The quantitative estimate of drug-likeness (QED) is 0.632. The third-order valence-electron chi connectivity index (χ3n) is 5.04. The van der Waals surface area contributed by atoms with E-state index in [-0.39, 0.29) is 19.4 Å². The number of quaternary nitrogens is 1. The van der Waals surface area contributed by atoms with Gasteiger partial charge in [-0.15, -0.1) is 0 Å². The zero-order valence-electron chi connectivity index (χ0n) is 14.3. The summed E-state index contributed by atoms with van der Waals surface area (Å²) in [7, 11) is 0. The molecule has 1 aliphatic rings. The predicted octanol–water partition coefficient (Wildman–Crippen LogP) is 1.01. The molecule has 2 unspecified atom stereocenters. The molecule has 7 nitrogen and oxygen atoms in total. The lowest BCUT2D eigenvalue weighted by Gasteiger charge is -2.41. The highest BCUT2D eigenvalue weighted by Crippen LogP contribution is 2.34. The topological polar surface area (TPSA) is 118 Å². The maximum Gasteiger partial charge on any atom is 0.363 e. The van der Waals surface area contributed by atoms with Gasteiger partial charge >= 0.3 is 17.8 Å². The first-order valence-electron chi connectivity index (χ1n) is 8.47. The fourth-order valence-electron chi connectivity index (χ4n) is 3.92. The Balaban J connectivity index is 2.39. The minimum Gasteiger partial charge on any atom is -0.477 e. The van der Waals surface area contributed by atoms with Crippen molar-refractivity contribution >= 4 is 17.8 Å². The smallest absolute Gasteiger partial charge is 0.363 e. The number of benzene rings is 1. The summed E-state index contributed by atoms with van der Waals surface area (Å²) in [5.74, 6) is -2.80. The lowest BCUT2D eigenvalue weighted by molar-refractivity contribution is -0.875. The van der Waals surface area contributed by atoms with E-state index >= 15 is 0 Å². The molecule has 2 rings (SSSR count). The van der Waals surface area contributed by atoms with E-state index in [4.69, 9.17) is 5.73 Å². The molecule has 1 amide bonds. The van der Waals surface area contributed by atoms with Gasteiger partial charge < -0.3 is 15.9 Å². The Morgan fingerprint density at radius 2 is 1.88 bits per heavy atom. The lowest BCUT2D eigenvalue weighted by atomic mass is 9.99. The molecule has 0 spiro atoms. The number of carbonyl (C=O) groups is 3. The molecule has 4 atom stereocenters. The molecule has 1 saturated heterocycles. The molecule has 1 aromatic carbocycles. The molecule has 0 saturated carbocycles. The largest absolute Gasteiger partial charge is 0.477 e. The molecule has 1 aliphatic heterocycles. The van der Waals surface area contributed by atoms with Gasteiger partial charge in [-0.25, -0.2) is 18.9 Å². The van der Waals surface area contributed by atoms with Gasteiger partial charge in [0.2, 0.25) is 0 Å².